The second-order valence-electron chi connectivity index (χ2n) is 11.5. The molecule has 4 aromatic rings. The van der Waals surface area contributed by atoms with Gasteiger partial charge in [0, 0.05) is 30.9 Å². The van der Waals surface area contributed by atoms with Crippen LogP contribution >= 0.6 is 0 Å². The number of methoxy groups -OCH3 is 3. The molecule has 270 valence electrons. The lowest BCUT2D eigenvalue weighted by molar-refractivity contribution is -0.133. The van der Waals surface area contributed by atoms with Crippen molar-refractivity contribution in [3.05, 3.63) is 88.2 Å². The second-order valence-corrected chi connectivity index (χ2v) is 11.5. The number of anilines is 2. The first-order chi connectivity index (χ1) is 24.4. The Labute approximate surface area is 290 Å². The number of alkyl carbamates (subject to hydrolysis) is 1. The zero-order chi connectivity index (χ0) is 37.0. The number of piperazine rings is 1. The maximum absolute atomic E-state index is 14.5. The van der Waals surface area contributed by atoms with Gasteiger partial charge < -0.3 is 34.8 Å². The van der Waals surface area contributed by atoms with E-state index in [-0.39, 0.29) is 65.9 Å². The molecule has 1 fully saturated rings. The van der Waals surface area contributed by atoms with E-state index in [1.165, 1.54) is 67.0 Å². The number of benzene rings is 3. The Bertz CT molecular complexity index is 2000. The minimum atomic E-state index is -1.25. The fraction of sp³-hybridized carbons (Fsp3) is 0.324. The number of nitrogens with one attached hydrogen (secondary N) is 2. The van der Waals surface area contributed by atoms with Crippen molar-refractivity contribution in [3.8, 4) is 11.5 Å². The standard InChI is InChI=1S/C34H36F3N7O7/c1-19(38-34(48)51-5)31(45)41-12-14-42(15-13-41)44-30(40-27-18-26(37)25(36)17-24(27)32(44)46)20(2)43(28-11-10-23(49-3)16-29(28)50-4)33(47)39-22-8-6-21(35)7-9-22/h6-11,16-20H,12-15H2,1-5H3,(H,38,48)(H,39,47). The molecule has 2 atom stereocenters. The molecule has 1 aliphatic heterocycles. The molecule has 14 nitrogen and oxygen atoms in total. The van der Waals surface area contributed by atoms with E-state index >= 15 is 0 Å². The number of nitrogens with zero attached hydrogens (tertiary/aromatic N) is 5. The molecule has 2 heterocycles. The molecule has 2 unspecified atom stereocenters. The Kier molecular flexibility index (Phi) is 10.9. The highest BCUT2D eigenvalue weighted by molar-refractivity contribution is 6.03. The van der Waals surface area contributed by atoms with Gasteiger partial charge in [-0.3, -0.25) is 14.5 Å². The first kappa shape index (κ1) is 36.3. The molecule has 1 saturated heterocycles. The molecular formula is C34H36F3N7O7. The van der Waals surface area contributed by atoms with Gasteiger partial charge in [0.25, 0.3) is 5.56 Å². The van der Waals surface area contributed by atoms with E-state index in [9.17, 15) is 32.3 Å². The van der Waals surface area contributed by atoms with Gasteiger partial charge in [-0.25, -0.2) is 32.4 Å². The number of fused-ring (bicyclic) bond motifs is 1. The number of halogens is 3. The lowest BCUT2D eigenvalue weighted by Gasteiger charge is -2.39. The highest BCUT2D eigenvalue weighted by atomic mass is 19.2. The van der Waals surface area contributed by atoms with Crippen molar-refractivity contribution in [2.45, 2.75) is 25.9 Å². The number of amides is 4. The summed E-state index contributed by atoms with van der Waals surface area (Å²) < 4.78 is 59.4. The van der Waals surface area contributed by atoms with Gasteiger partial charge in [-0.05, 0) is 56.3 Å². The van der Waals surface area contributed by atoms with Crippen molar-refractivity contribution in [1.82, 2.24) is 19.9 Å². The van der Waals surface area contributed by atoms with Crippen LogP contribution < -0.4 is 35.6 Å². The molecule has 0 saturated carbocycles. The van der Waals surface area contributed by atoms with E-state index < -0.39 is 47.2 Å². The fourth-order valence-corrected chi connectivity index (χ4v) is 5.73. The molecule has 3 aromatic carbocycles. The monoisotopic (exact) mass is 711 g/mol. The van der Waals surface area contributed by atoms with Crippen molar-refractivity contribution in [3.63, 3.8) is 0 Å². The van der Waals surface area contributed by atoms with Crippen LogP contribution in [0.15, 0.2) is 59.4 Å². The summed E-state index contributed by atoms with van der Waals surface area (Å²) in [6.07, 6.45) is -0.771. The van der Waals surface area contributed by atoms with Gasteiger partial charge in [-0.2, -0.15) is 0 Å². The first-order valence-electron chi connectivity index (χ1n) is 15.7. The molecule has 4 amide bonds. The van der Waals surface area contributed by atoms with Crippen molar-refractivity contribution in [1.29, 1.82) is 0 Å². The molecule has 0 bridgehead atoms. The van der Waals surface area contributed by atoms with Gasteiger partial charge in [-0.1, -0.05) is 0 Å². The topological polar surface area (TPSA) is 148 Å². The molecule has 0 aliphatic carbocycles. The zero-order valence-corrected chi connectivity index (χ0v) is 28.4. The summed E-state index contributed by atoms with van der Waals surface area (Å²) in [5, 5.41) is 6.52. The number of hydrogen-bond donors (Lipinski definition) is 2. The first-order valence-corrected chi connectivity index (χ1v) is 15.7. The Morgan fingerprint density at radius 3 is 2.18 bits per heavy atom. The largest absolute Gasteiger partial charge is 0.497 e. The summed E-state index contributed by atoms with van der Waals surface area (Å²) in [7, 11) is 4.03. The lowest BCUT2D eigenvalue weighted by atomic mass is 10.1. The molecule has 1 aromatic heterocycles. The predicted octanol–water partition coefficient (Wildman–Crippen LogP) is 4.16. The zero-order valence-electron chi connectivity index (χ0n) is 28.4. The van der Waals surface area contributed by atoms with Crippen LogP contribution in [-0.4, -0.2) is 86.1 Å². The van der Waals surface area contributed by atoms with Crippen molar-refractivity contribution < 1.29 is 41.8 Å². The van der Waals surface area contributed by atoms with Crippen LogP contribution in [0.25, 0.3) is 10.9 Å². The Balaban J connectivity index is 1.61. The van der Waals surface area contributed by atoms with E-state index in [0.29, 0.717) is 5.75 Å². The van der Waals surface area contributed by atoms with E-state index in [4.69, 9.17) is 9.47 Å². The molecule has 1 aliphatic rings. The van der Waals surface area contributed by atoms with E-state index in [0.717, 1.165) is 12.1 Å². The van der Waals surface area contributed by atoms with Crippen LogP contribution in [-0.2, 0) is 9.53 Å². The van der Waals surface area contributed by atoms with Crippen LogP contribution in [0.4, 0.5) is 34.1 Å². The molecular weight excluding hydrogens is 675 g/mol. The summed E-state index contributed by atoms with van der Waals surface area (Å²) in [5.74, 6) is -2.78. The van der Waals surface area contributed by atoms with Crippen LogP contribution in [0, 0.1) is 17.5 Å². The number of urea groups is 1. The quantitative estimate of drug-likeness (QED) is 0.261. The molecule has 5 rings (SSSR count). The SMILES string of the molecule is COC(=O)NC(C)C(=O)N1CCN(n2c(C(C)N(C(=O)Nc3ccc(F)cc3)c3ccc(OC)cc3OC)nc3cc(F)c(F)cc3c2=O)CC1. The molecule has 0 spiro atoms. The average molecular weight is 712 g/mol. The molecule has 0 radical (unpaired) electrons. The van der Waals surface area contributed by atoms with E-state index in [2.05, 4.69) is 20.4 Å². The summed E-state index contributed by atoms with van der Waals surface area (Å²) in [4.78, 5) is 60.5. The van der Waals surface area contributed by atoms with Crippen LogP contribution in [0.2, 0.25) is 0 Å². The van der Waals surface area contributed by atoms with E-state index in [1.807, 2.05) is 0 Å². The fourth-order valence-electron chi connectivity index (χ4n) is 5.73. The third kappa shape index (κ3) is 7.61. The third-order valence-corrected chi connectivity index (χ3v) is 8.38. The minimum Gasteiger partial charge on any atom is -0.497 e. The summed E-state index contributed by atoms with van der Waals surface area (Å²) >= 11 is 0. The average Bonchev–Trinajstić information content (AvgIpc) is 3.13. The Morgan fingerprint density at radius 1 is 0.882 bits per heavy atom. The van der Waals surface area contributed by atoms with Crippen molar-refractivity contribution in [2.24, 2.45) is 0 Å². The van der Waals surface area contributed by atoms with Crippen LogP contribution in [0.5, 0.6) is 11.5 Å². The summed E-state index contributed by atoms with van der Waals surface area (Å²) in [6, 6.07) is 8.60. The highest BCUT2D eigenvalue weighted by Crippen LogP contribution is 2.37. The maximum Gasteiger partial charge on any atom is 0.407 e. The minimum absolute atomic E-state index is 0.0360. The molecule has 51 heavy (non-hydrogen) atoms. The predicted molar refractivity (Wildman–Crippen MR) is 181 cm³/mol. The van der Waals surface area contributed by atoms with Gasteiger partial charge in [0.1, 0.15) is 23.4 Å². The second kappa shape index (κ2) is 15.3. The van der Waals surface area contributed by atoms with Gasteiger partial charge in [0.15, 0.2) is 17.5 Å². The molecule has 2 N–H and O–H groups in total. The smallest absolute Gasteiger partial charge is 0.407 e. The van der Waals surface area contributed by atoms with Crippen molar-refractivity contribution in [2.75, 3.05) is 62.7 Å². The number of ether oxygens (including phenoxy) is 3. The lowest BCUT2D eigenvalue weighted by Crippen LogP contribution is -2.59. The normalized spacial score (nSPS) is 14.0. The van der Waals surface area contributed by atoms with Gasteiger partial charge >= 0.3 is 12.1 Å². The van der Waals surface area contributed by atoms with Crippen molar-refractivity contribution >= 4 is 40.3 Å². The maximum atomic E-state index is 14.5. The van der Waals surface area contributed by atoms with Gasteiger partial charge in [0.05, 0.1) is 57.1 Å². The van der Waals surface area contributed by atoms with Gasteiger partial charge in [0.2, 0.25) is 5.91 Å². The van der Waals surface area contributed by atoms with Crippen LogP contribution in [0.1, 0.15) is 25.7 Å². The van der Waals surface area contributed by atoms with Gasteiger partial charge in [-0.15, -0.1) is 0 Å². The highest BCUT2D eigenvalue weighted by Gasteiger charge is 2.34. The Hall–Kier alpha value is -6.00. The number of hydrogen-bond acceptors (Lipinski definition) is 9. The number of carbonyl (C=O) groups excluding carboxylic acids is 3. The summed E-state index contributed by atoms with van der Waals surface area (Å²) in [6.45, 7) is 3.49. The summed E-state index contributed by atoms with van der Waals surface area (Å²) in [5.41, 5.74) is -0.431. The van der Waals surface area contributed by atoms with E-state index in [1.54, 1.807) is 30.1 Å². The van der Waals surface area contributed by atoms with Crippen LogP contribution in [0.3, 0.4) is 0 Å². The third-order valence-electron chi connectivity index (χ3n) is 8.38. The molecule has 17 heteroatoms. The number of rotatable bonds is 9. The number of carbonyl (C=O) groups is 3. The Morgan fingerprint density at radius 2 is 1.55 bits per heavy atom. The number of aromatic nitrogens is 2.